The number of allylic oxidation sites excluding steroid dienone is 8. The van der Waals surface area contributed by atoms with Crippen LogP contribution in [0.3, 0.4) is 0 Å². The van der Waals surface area contributed by atoms with Crippen LogP contribution in [0.15, 0.2) is 48.6 Å². The van der Waals surface area contributed by atoms with Crippen LogP contribution >= 0.6 is 0 Å². The highest BCUT2D eigenvalue weighted by molar-refractivity contribution is 5.77. The molecule has 0 heterocycles. The molecule has 0 spiro atoms. The maximum atomic E-state index is 13.1. The number of aliphatic hydroxyl groups excluding tert-OH is 2. The van der Waals surface area contributed by atoms with Gasteiger partial charge in [-0.3, -0.25) is 9.59 Å². The standard InChI is InChI=1S/C49H89NO5/c1-4-7-10-13-16-19-22-24-26-29-32-35-38-41-47(52)46(44-51)50-48(53)43-45(40-37-34-31-28-21-18-15-12-9-6-3)55-49(54)42-39-36-33-30-27-25-23-20-17-14-11-8-5-2/h8,11,14,17,20,23,25,27,45-47,51-52H,4-7,9-10,12-13,15-16,18-19,21-22,24,26,28-44H2,1-3H3,(H,50,53)/b11-8+,17-14+,23-20-,27-25-. The molecule has 55 heavy (non-hydrogen) atoms. The van der Waals surface area contributed by atoms with Crippen LogP contribution in [-0.4, -0.2) is 46.9 Å². The summed E-state index contributed by atoms with van der Waals surface area (Å²) >= 11 is 0. The molecule has 6 nitrogen and oxygen atoms in total. The number of ether oxygens (including phenoxy) is 1. The van der Waals surface area contributed by atoms with Crippen LogP contribution in [0.5, 0.6) is 0 Å². The first-order valence-corrected chi connectivity index (χ1v) is 23.4. The van der Waals surface area contributed by atoms with Crippen molar-refractivity contribution in [1.29, 1.82) is 0 Å². The highest BCUT2D eigenvalue weighted by Crippen LogP contribution is 2.18. The zero-order valence-corrected chi connectivity index (χ0v) is 36.3. The molecule has 0 aromatic rings. The third-order valence-corrected chi connectivity index (χ3v) is 10.5. The van der Waals surface area contributed by atoms with Gasteiger partial charge in [0.25, 0.3) is 0 Å². The molecule has 0 saturated heterocycles. The van der Waals surface area contributed by atoms with Crippen LogP contribution < -0.4 is 5.32 Å². The average molecular weight is 772 g/mol. The SMILES string of the molecule is CC/C=C/C=C/C=C\C=C/CCCCCC(=O)OC(CCCCCCCCCCCC)CC(=O)NC(CO)C(O)CCCCCCCCCCCCCCC. The van der Waals surface area contributed by atoms with Crippen molar-refractivity contribution in [1.82, 2.24) is 5.32 Å². The Hall–Kier alpha value is -2.18. The Kier molecular flexibility index (Phi) is 41.2. The number of carbonyl (C=O) groups is 2. The smallest absolute Gasteiger partial charge is 0.306 e. The molecule has 0 aromatic heterocycles. The summed E-state index contributed by atoms with van der Waals surface area (Å²) in [5.74, 6) is -0.518. The zero-order valence-electron chi connectivity index (χ0n) is 36.3. The van der Waals surface area contributed by atoms with Gasteiger partial charge in [-0.2, -0.15) is 0 Å². The van der Waals surface area contributed by atoms with Crippen LogP contribution in [0.4, 0.5) is 0 Å². The number of unbranched alkanes of at least 4 members (excludes halogenated alkanes) is 24. The Morgan fingerprint density at radius 3 is 1.47 bits per heavy atom. The summed E-state index contributed by atoms with van der Waals surface area (Å²) < 4.78 is 5.88. The lowest BCUT2D eigenvalue weighted by Gasteiger charge is -2.24. The molecule has 3 unspecified atom stereocenters. The van der Waals surface area contributed by atoms with Gasteiger partial charge in [0.1, 0.15) is 6.10 Å². The average Bonchev–Trinajstić information content (AvgIpc) is 3.18. The molecule has 6 heteroatoms. The van der Waals surface area contributed by atoms with Crippen molar-refractivity contribution in [3.05, 3.63) is 48.6 Å². The number of esters is 1. The molecular formula is C49H89NO5. The summed E-state index contributed by atoms with van der Waals surface area (Å²) in [4.78, 5) is 26.0. The Morgan fingerprint density at radius 2 is 0.982 bits per heavy atom. The first-order chi connectivity index (χ1) is 27.0. The van der Waals surface area contributed by atoms with E-state index in [1.165, 1.54) is 109 Å². The molecular weight excluding hydrogens is 683 g/mol. The topological polar surface area (TPSA) is 95.9 Å². The van der Waals surface area contributed by atoms with E-state index in [1.54, 1.807) is 0 Å². The largest absolute Gasteiger partial charge is 0.462 e. The number of hydrogen-bond acceptors (Lipinski definition) is 5. The summed E-state index contributed by atoms with van der Waals surface area (Å²) in [6.45, 7) is 6.32. The predicted octanol–water partition coefficient (Wildman–Crippen LogP) is 13.5. The van der Waals surface area contributed by atoms with Crippen molar-refractivity contribution < 1.29 is 24.5 Å². The van der Waals surface area contributed by atoms with E-state index in [0.29, 0.717) is 19.3 Å². The molecule has 0 aliphatic heterocycles. The fourth-order valence-corrected chi connectivity index (χ4v) is 6.97. The van der Waals surface area contributed by atoms with Gasteiger partial charge in [0, 0.05) is 6.42 Å². The van der Waals surface area contributed by atoms with E-state index in [1.807, 2.05) is 30.4 Å². The van der Waals surface area contributed by atoms with Gasteiger partial charge in [-0.25, -0.2) is 0 Å². The van der Waals surface area contributed by atoms with Gasteiger partial charge in [-0.05, 0) is 44.9 Å². The van der Waals surface area contributed by atoms with Crippen molar-refractivity contribution in [3.63, 3.8) is 0 Å². The zero-order chi connectivity index (χ0) is 40.3. The second kappa shape index (κ2) is 43.0. The first-order valence-electron chi connectivity index (χ1n) is 23.4. The first kappa shape index (κ1) is 52.8. The number of rotatable bonds is 41. The summed E-state index contributed by atoms with van der Waals surface area (Å²) in [6, 6.07) is -0.706. The van der Waals surface area contributed by atoms with E-state index in [0.717, 1.165) is 70.6 Å². The number of carbonyl (C=O) groups excluding carboxylic acids is 2. The Labute approximate surface area is 340 Å². The van der Waals surface area contributed by atoms with Crippen molar-refractivity contribution in [2.75, 3.05) is 6.61 Å². The second-order valence-electron chi connectivity index (χ2n) is 15.9. The fourth-order valence-electron chi connectivity index (χ4n) is 6.97. The third kappa shape index (κ3) is 38.5. The van der Waals surface area contributed by atoms with Gasteiger partial charge in [-0.15, -0.1) is 0 Å². The Bertz CT molecular complexity index is 957. The fraction of sp³-hybridized carbons (Fsp3) is 0.796. The Morgan fingerprint density at radius 1 is 0.545 bits per heavy atom. The maximum Gasteiger partial charge on any atom is 0.306 e. The molecule has 0 bridgehead atoms. The van der Waals surface area contributed by atoms with Crippen LogP contribution in [0.1, 0.15) is 226 Å². The summed E-state index contributed by atoms with van der Waals surface area (Å²) in [5, 5.41) is 23.7. The van der Waals surface area contributed by atoms with Crippen LogP contribution in [0, 0.1) is 0 Å². The van der Waals surface area contributed by atoms with Crippen LogP contribution in [-0.2, 0) is 14.3 Å². The molecule has 3 atom stereocenters. The number of aliphatic hydroxyl groups is 2. The summed E-state index contributed by atoms with van der Waals surface area (Å²) in [7, 11) is 0. The molecule has 0 aliphatic rings. The van der Waals surface area contributed by atoms with Crippen LogP contribution in [0.2, 0.25) is 0 Å². The molecule has 320 valence electrons. The number of nitrogens with one attached hydrogen (secondary N) is 1. The summed E-state index contributed by atoms with van der Waals surface area (Å²) in [6.07, 6.45) is 50.2. The number of hydrogen-bond donors (Lipinski definition) is 3. The van der Waals surface area contributed by atoms with Crippen molar-refractivity contribution >= 4 is 11.9 Å². The van der Waals surface area contributed by atoms with E-state index in [4.69, 9.17) is 4.74 Å². The van der Waals surface area contributed by atoms with Crippen molar-refractivity contribution in [2.45, 2.75) is 244 Å². The van der Waals surface area contributed by atoms with Gasteiger partial charge in [0.15, 0.2) is 0 Å². The molecule has 1 amide bonds. The highest BCUT2D eigenvalue weighted by Gasteiger charge is 2.24. The molecule has 0 fully saturated rings. The molecule has 3 N–H and O–H groups in total. The van der Waals surface area contributed by atoms with Gasteiger partial charge >= 0.3 is 5.97 Å². The minimum Gasteiger partial charge on any atom is -0.462 e. The lowest BCUT2D eigenvalue weighted by Crippen LogP contribution is -2.46. The van der Waals surface area contributed by atoms with Gasteiger partial charge < -0.3 is 20.3 Å². The van der Waals surface area contributed by atoms with Crippen molar-refractivity contribution in [2.24, 2.45) is 0 Å². The quantitative estimate of drug-likeness (QED) is 0.0327. The normalized spacial score (nSPS) is 13.8. The maximum absolute atomic E-state index is 13.1. The Balaban J connectivity index is 4.59. The third-order valence-electron chi connectivity index (χ3n) is 10.5. The second-order valence-corrected chi connectivity index (χ2v) is 15.9. The van der Waals surface area contributed by atoms with Gasteiger partial charge in [0.2, 0.25) is 5.91 Å². The predicted molar refractivity (Wildman–Crippen MR) is 236 cm³/mol. The number of amides is 1. The molecule has 0 saturated carbocycles. The molecule has 0 rings (SSSR count). The molecule has 0 radical (unpaired) electrons. The van der Waals surface area contributed by atoms with E-state index in [-0.39, 0.29) is 24.9 Å². The van der Waals surface area contributed by atoms with Crippen molar-refractivity contribution in [3.8, 4) is 0 Å². The highest BCUT2D eigenvalue weighted by atomic mass is 16.5. The lowest BCUT2D eigenvalue weighted by atomic mass is 10.0. The van der Waals surface area contributed by atoms with Gasteiger partial charge in [0.05, 0.1) is 25.2 Å². The minimum atomic E-state index is -0.791. The molecule has 0 aliphatic carbocycles. The van der Waals surface area contributed by atoms with E-state index in [9.17, 15) is 19.8 Å². The van der Waals surface area contributed by atoms with Gasteiger partial charge in [-0.1, -0.05) is 217 Å². The minimum absolute atomic E-state index is 0.0630. The molecule has 0 aromatic carbocycles. The van der Waals surface area contributed by atoms with E-state index < -0.39 is 18.2 Å². The van der Waals surface area contributed by atoms with E-state index >= 15 is 0 Å². The van der Waals surface area contributed by atoms with E-state index in [2.05, 4.69) is 44.3 Å². The summed E-state index contributed by atoms with van der Waals surface area (Å²) in [5.41, 5.74) is 0. The van der Waals surface area contributed by atoms with Crippen LogP contribution in [0.25, 0.3) is 0 Å². The lowest BCUT2D eigenvalue weighted by molar-refractivity contribution is -0.151. The monoisotopic (exact) mass is 772 g/mol.